The zero-order chi connectivity index (χ0) is 10.7. The Hall–Kier alpha value is -1.68. The van der Waals surface area contributed by atoms with E-state index in [0.29, 0.717) is 16.7 Å². The monoisotopic (exact) mass is 222 g/mol. The maximum absolute atomic E-state index is 10.2. The number of benzene rings is 1. The lowest BCUT2D eigenvalue weighted by Crippen LogP contribution is -1.87. The van der Waals surface area contributed by atoms with Crippen molar-refractivity contribution in [2.24, 2.45) is 0 Å². The largest absolute Gasteiger partial charge is 0.334 e. The third kappa shape index (κ3) is 2.22. The van der Waals surface area contributed by atoms with Crippen LogP contribution in [-0.2, 0) is 11.2 Å². The molecule has 2 rings (SSSR count). The average molecular weight is 223 g/mol. The molecule has 0 unspecified atom stereocenters. The van der Waals surface area contributed by atoms with Crippen LogP contribution in [0.1, 0.15) is 5.82 Å². The first-order valence-electron chi connectivity index (χ1n) is 4.32. The zero-order valence-corrected chi connectivity index (χ0v) is 8.44. The zero-order valence-electron chi connectivity index (χ0n) is 7.68. The highest BCUT2D eigenvalue weighted by molar-refractivity contribution is 6.30. The number of hydrogen-bond donors (Lipinski definition) is 0. The van der Waals surface area contributed by atoms with Crippen molar-refractivity contribution in [1.82, 2.24) is 10.1 Å². The molecule has 0 amide bonds. The molecule has 2 aromatic rings. The Bertz CT molecular complexity index is 465. The van der Waals surface area contributed by atoms with E-state index in [1.54, 1.807) is 24.3 Å². The van der Waals surface area contributed by atoms with E-state index < -0.39 is 0 Å². The van der Waals surface area contributed by atoms with Crippen LogP contribution < -0.4 is 0 Å². The fourth-order valence-corrected chi connectivity index (χ4v) is 1.25. The SMILES string of the molecule is O=CCc1noc(-c2ccc(Cl)cc2)n1. The minimum Gasteiger partial charge on any atom is -0.334 e. The van der Waals surface area contributed by atoms with Gasteiger partial charge in [0.25, 0.3) is 5.89 Å². The molecule has 0 atom stereocenters. The summed E-state index contributed by atoms with van der Waals surface area (Å²) in [4.78, 5) is 14.3. The molecule has 0 saturated heterocycles. The van der Waals surface area contributed by atoms with Gasteiger partial charge in [0.05, 0.1) is 6.42 Å². The Morgan fingerprint density at radius 3 is 2.73 bits per heavy atom. The van der Waals surface area contributed by atoms with Crippen molar-refractivity contribution in [3.05, 3.63) is 35.1 Å². The molecule has 4 nitrogen and oxygen atoms in total. The summed E-state index contributed by atoms with van der Waals surface area (Å²) in [6.45, 7) is 0. The molecule has 0 bridgehead atoms. The number of carbonyl (C=O) groups is 1. The second-order valence-corrected chi connectivity index (χ2v) is 3.33. The Morgan fingerprint density at radius 1 is 1.33 bits per heavy atom. The molecule has 0 aliphatic rings. The molecule has 0 aliphatic heterocycles. The van der Waals surface area contributed by atoms with Crippen LogP contribution in [0.15, 0.2) is 28.8 Å². The smallest absolute Gasteiger partial charge is 0.257 e. The van der Waals surface area contributed by atoms with Gasteiger partial charge in [-0.05, 0) is 24.3 Å². The first-order valence-corrected chi connectivity index (χ1v) is 4.69. The normalized spacial score (nSPS) is 10.2. The number of carbonyl (C=O) groups excluding carboxylic acids is 1. The average Bonchev–Trinajstić information content (AvgIpc) is 2.68. The number of nitrogens with zero attached hydrogens (tertiary/aromatic N) is 2. The van der Waals surface area contributed by atoms with Gasteiger partial charge in [-0.2, -0.15) is 4.98 Å². The number of aromatic nitrogens is 2. The molecule has 1 heterocycles. The quantitative estimate of drug-likeness (QED) is 0.747. The Kier molecular flexibility index (Phi) is 2.78. The highest BCUT2D eigenvalue weighted by atomic mass is 35.5. The molecule has 76 valence electrons. The van der Waals surface area contributed by atoms with E-state index in [1.807, 2.05) is 0 Å². The van der Waals surface area contributed by atoms with E-state index in [2.05, 4.69) is 10.1 Å². The van der Waals surface area contributed by atoms with Crippen molar-refractivity contribution in [2.45, 2.75) is 6.42 Å². The van der Waals surface area contributed by atoms with Gasteiger partial charge in [0.1, 0.15) is 6.29 Å². The Balaban J connectivity index is 2.28. The highest BCUT2D eigenvalue weighted by Gasteiger charge is 2.07. The molecule has 5 heteroatoms. The van der Waals surface area contributed by atoms with E-state index in [0.717, 1.165) is 11.8 Å². The van der Waals surface area contributed by atoms with Gasteiger partial charge in [-0.25, -0.2) is 0 Å². The first kappa shape index (κ1) is 9.86. The van der Waals surface area contributed by atoms with Crippen LogP contribution in [0.25, 0.3) is 11.5 Å². The van der Waals surface area contributed by atoms with Crippen molar-refractivity contribution in [1.29, 1.82) is 0 Å². The van der Waals surface area contributed by atoms with E-state index in [4.69, 9.17) is 16.1 Å². The van der Waals surface area contributed by atoms with Gasteiger partial charge >= 0.3 is 0 Å². The summed E-state index contributed by atoms with van der Waals surface area (Å²) in [7, 11) is 0. The van der Waals surface area contributed by atoms with Gasteiger partial charge in [0, 0.05) is 10.6 Å². The van der Waals surface area contributed by atoms with Crippen LogP contribution in [0, 0.1) is 0 Å². The van der Waals surface area contributed by atoms with Gasteiger partial charge in [0.15, 0.2) is 5.82 Å². The molecule has 0 spiro atoms. The van der Waals surface area contributed by atoms with Gasteiger partial charge in [-0.15, -0.1) is 0 Å². The second kappa shape index (κ2) is 4.23. The standard InChI is InChI=1S/C10H7ClN2O2/c11-8-3-1-7(2-4-8)10-12-9(5-6-14)13-15-10/h1-4,6H,5H2. The minimum atomic E-state index is 0.164. The van der Waals surface area contributed by atoms with Crippen LogP contribution in [0.3, 0.4) is 0 Å². The summed E-state index contributed by atoms with van der Waals surface area (Å²) in [5.41, 5.74) is 0.782. The molecule has 0 aliphatic carbocycles. The summed E-state index contributed by atoms with van der Waals surface area (Å²) < 4.78 is 4.98. The topological polar surface area (TPSA) is 56.0 Å². The van der Waals surface area contributed by atoms with Crippen LogP contribution >= 0.6 is 11.6 Å². The molecular weight excluding hydrogens is 216 g/mol. The lowest BCUT2D eigenvalue weighted by atomic mass is 10.2. The predicted molar refractivity (Wildman–Crippen MR) is 54.5 cm³/mol. The predicted octanol–water partition coefficient (Wildman–Crippen LogP) is 2.13. The Morgan fingerprint density at radius 2 is 2.07 bits per heavy atom. The summed E-state index contributed by atoms with van der Waals surface area (Å²) in [5.74, 6) is 0.776. The first-order chi connectivity index (χ1) is 7.29. The molecule has 0 fully saturated rings. The lowest BCUT2D eigenvalue weighted by molar-refractivity contribution is -0.107. The summed E-state index contributed by atoms with van der Waals surface area (Å²) in [6.07, 6.45) is 0.896. The number of hydrogen-bond acceptors (Lipinski definition) is 4. The summed E-state index contributed by atoms with van der Waals surface area (Å²) in [5, 5.41) is 4.30. The van der Waals surface area contributed by atoms with E-state index in [9.17, 15) is 4.79 Å². The van der Waals surface area contributed by atoms with Crippen LogP contribution in [-0.4, -0.2) is 16.4 Å². The maximum Gasteiger partial charge on any atom is 0.257 e. The van der Waals surface area contributed by atoms with Crippen molar-refractivity contribution < 1.29 is 9.32 Å². The van der Waals surface area contributed by atoms with Crippen molar-refractivity contribution in [3.63, 3.8) is 0 Å². The molecular formula is C10H7ClN2O2. The van der Waals surface area contributed by atoms with E-state index >= 15 is 0 Å². The second-order valence-electron chi connectivity index (χ2n) is 2.89. The lowest BCUT2D eigenvalue weighted by Gasteiger charge is -1.92. The fourth-order valence-electron chi connectivity index (χ4n) is 1.12. The molecule has 1 aromatic carbocycles. The molecule has 0 N–H and O–H groups in total. The molecule has 15 heavy (non-hydrogen) atoms. The fraction of sp³-hybridized carbons (Fsp3) is 0.100. The van der Waals surface area contributed by atoms with Crippen molar-refractivity contribution in [3.8, 4) is 11.5 Å². The third-order valence-corrected chi connectivity index (χ3v) is 2.08. The summed E-state index contributed by atoms with van der Waals surface area (Å²) >= 11 is 5.74. The van der Waals surface area contributed by atoms with Gasteiger partial charge < -0.3 is 9.32 Å². The van der Waals surface area contributed by atoms with E-state index in [-0.39, 0.29) is 6.42 Å². The molecule has 0 radical (unpaired) electrons. The van der Waals surface area contributed by atoms with Crippen LogP contribution in [0.4, 0.5) is 0 Å². The van der Waals surface area contributed by atoms with Gasteiger partial charge in [-0.3, -0.25) is 0 Å². The molecule has 0 saturated carbocycles. The van der Waals surface area contributed by atoms with E-state index in [1.165, 1.54) is 0 Å². The number of rotatable bonds is 3. The Labute approximate surface area is 90.9 Å². The van der Waals surface area contributed by atoms with Crippen LogP contribution in [0.2, 0.25) is 5.02 Å². The van der Waals surface area contributed by atoms with Gasteiger partial charge in [0.2, 0.25) is 0 Å². The number of aldehydes is 1. The maximum atomic E-state index is 10.2. The summed E-state index contributed by atoms with van der Waals surface area (Å²) in [6, 6.07) is 7.03. The van der Waals surface area contributed by atoms with Gasteiger partial charge in [-0.1, -0.05) is 16.8 Å². The number of halogens is 1. The highest BCUT2D eigenvalue weighted by Crippen LogP contribution is 2.19. The van der Waals surface area contributed by atoms with Crippen LogP contribution in [0.5, 0.6) is 0 Å². The van der Waals surface area contributed by atoms with Crippen molar-refractivity contribution in [2.75, 3.05) is 0 Å². The van der Waals surface area contributed by atoms with Crippen molar-refractivity contribution >= 4 is 17.9 Å². The third-order valence-electron chi connectivity index (χ3n) is 1.83. The molecule has 1 aromatic heterocycles. The minimum absolute atomic E-state index is 0.164.